The first-order chi connectivity index (χ1) is 8.79. The van der Waals surface area contributed by atoms with Crippen LogP contribution in [-0.4, -0.2) is 6.54 Å². The number of hydrogen-bond acceptors (Lipinski definition) is 2. The Morgan fingerprint density at radius 2 is 1.61 bits per heavy atom. The minimum absolute atomic E-state index is 0.281. The van der Waals surface area contributed by atoms with Crippen LogP contribution in [0.4, 0.5) is 4.39 Å². The molecule has 0 amide bonds. The van der Waals surface area contributed by atoms with Crippen LogP contribution >= 0.6 is 0 Å². The molecule has 18 heavy (non-hydrogen) atoms. The first-order valence-electron chi connectivity index (χ1n) is 5.95. The van der Waals surface area contributed by atoms with Crippen LogP contribution < -0.4 is 10.5 Å². The number of nitrogens with two attached hydrogens (primary N) is 1. The van der Waals surface area contributed by atoms with Gasteiger partial charge in [0.05, 0.1) is 0 Å². The van der Waals surface area contributed by atoms with Gasteiger partial charge in [-0.15, -0.1) is 0 Å². The third-order valence-electron chi connectivity index (χ3n) is 2.69. The molecule has 0 saturated heterocycles. The molecule has 0 bridgehead atoms. The molecular weight excluding hydrogens is 229 g/mol. The van der Waals surface area contributed by atoms with E-state index >= 15 is 0 Å². The van der Waals surface area contributed by atoms with Crippen LogP contribution in [-0.2, 0) is 13.0 Å². The fraction of sp³-hybridized carbons (Fsp3) is 0.200. The normalized spacial score (nSPS) is 10.3. The van der Waals surface area contributed by atoms with Crippen LogP contribution in [0.25, 0.3) is 0 Å². The summed E-state index contributed by atoms with van der Waals surface area (Å²) in [7, 11) is 0. The zero-order chi connectivity index (χ0) is 12.8. The summed E-state index contributed by atoms with van der Waals surface area (Å²) in [6, 6.07) is 14.4. The van der Waals surface area contributed by atoms with Gasteiger partial charge in [0, 0.05) is 0 Å². The highest BCUT2D eigenvalue weighted by Gasteiger charge is 2.01. The summed E-state index contributed by atoms with van der Waals surface area (Å²) < 4.78 is 18.7. The zero-order valence-corrected chi connectivity index (χ0v) is 10.1. The van der Waals surface area contributed by atoms with Crippen LogP contribution in [0.5, 0.6) is 5.75 Å². The van der Waals surface area contributed by atoms with Crippen molar-refractivity contribution < 1.29 is 9.13 Å². The molecule has 0 atom stereocenters. The third-order valence-corrected chi connectivity index (χ3v) is 2.69. The number of ether oxygens (including phenoxy) is 1. The molecule has 0 saturated carbocycles. The molecule has 94 valence electrons. The topological polar surface area (TPSA) is 35.2 Å². The molecule has 0 aliphatic rings. The van der Waals surface area contributed by atoms with Crippen LogP contribution in [0.15, 0.2) is 48.5 Å². The minimum atomic E-state index is -0.336. The lowest BCUT2D eigenvalue weighted by Crippen LogP contribution is -2.03. The van der Waals surface area contributed by atoms with Crippen molar-refractivity contribution in [2.45, 2.75) is 13.0 Å². The summed E-state index contributed by atoms with van der Waals surface area (Å²) >= 11 is 0. The van der Waals surface area contributed by atoms with E-state index in [9.17, 15) is 4.39 Å². The SMILES string of the molecule is NCCc1ccc(COc2ccccc2F)cc1. The molecule has 0 fully saturated rings. The predicted molar refractivity (Wildman–Crippen MR) is 69.9 cm³/mol. The Hall–Kier alpha value is -1.87. The largest absolute Gasteiger partial charge is 0.486 e. The molecule has 0 radical (unpaired) electrons. The van der Waals surface area contributed by atoms with Gasteiger partial charge in [-0.2, -0.15) is 0 Å². The van der Waals surface area contributed by atoms with E-state index in [-0.39, 0.29) is 11.6 Å². The second kappa shape index (κ2) is 6.17. The molecule has 2 N–H and O–H groups in total. The van der Waals surface area contributed by atoms with E-state index in [1.54, 1.807) is 18.2 Å². The van der Waals surface area contributed by atoms with E-state index < -0.39 is 0 Å². The smallest absolute Gasteiger partial charge is 0.165 e. The third kappa shape index (κ3) is 3.31. The molecule has 2 aromatic carbocycles. The van der Waals surface area contributed by atoms with Gasteiger partial charge < -0.3 is 10.5 Å². The molecule has 2 nitrogen and oxygen atoms in total. The van der Waals surface area contributed by atoms with Gasteiger partial charge >= 0.3 is 0 Å². The molecular formula is C15H16FNO. The lowest BCUT2D eigenvalue weighted by atomic mass is 10.1. The average molecular weight is 245 g/mol. The maximum atomic E-state index is 13.3. The van der Waals surface area contributed by atoms with Gasteiger partial charge in [-0.05, 0) is 36.2 Å². The molecule has 0 aromatic heterocycles. The van der Waals surface area contributed by atoms with Gasteiger partial charge in [-0.25, -0.2) is 4.39 Å². The first-order valence-corrected chi connectivity index (χ1v) is 5.95. The Bertz CT molecular complexity index is 496. The molecule has 0 aliphatic carbocycles. The fourth-order valence-corrected chi connectivity index (χ4v) is 1.69. The summed E-state index contributed by atoms with van der Waals surface area (Å²) in [6.07, 6.45) is 0.869. The highest BCUT2D eigenvalue weighted by molar-refractivity contribution is 5.26. The Labute approximate surface area is 106 Å². The maximum absolute atomic E-state index is 13.3. The quantitative estimate of drug-likeness (QED) is 0.879. The summed E-state index contributed by atoms with van der Waals surface area (Å²) in [5.41, 5.74) is 7.70. The van der Waals surface area contributed by atoms with Crippen LogP contribution in [0.2, 0.25) is 0 Å². The summed E-state index contributed by atoms with van der Waals surface area (Å²) in [4.78, 5) is 0. The first kappa shape index (κ1) is 12.6. The molecule has 0 unspecified atom stereocenters. The van der Waals surface area contributed by atoms with E-state index in [1.165, 1.54) is 11.6 Å². The molecule has 0 heterocycles. The number of rotatable bonds is 5. The van der Waals surface area contributed by atoms with Crippen molar-refractivity contribution in [2.75, 3.05) is 6.54 Å². The van der Waals surface area contributed by atoms with E-state index in [0.29, 0.717) is 13.2 Å². The predicted octanol–water partition coefficient (Wildman–Crippen LogP) is 2.91. The van der Waals surface area contributed by atoms with Gasteiger partial charge in [0.15, 0.2) is 11.6 Å². The number of hydrogen-bond donors (Lipinski definition) is 1. The second-order valence-corrected chi connectivity index (χ2v) is 4.07. The van der Waals surface area contributed by atoms with Crippen LogP contribution in [0.3, 0.4) is 0 Å². The van der Waals surface area contributed by atoms with Gasteiger partial charge in [0.25, 0.3) is 0 Å². The average Bonchev–Trinajstić information content (AvgIpc) is 2.40. The number of halogens is 1. The number of benzene rings is 2. The van der Waals surface area contributed by atoms with Crippen molar-refractivity contribution in [3.63, 3.8) is 0 Å². The molecule has 2 rings (SSSR count). The van der Waals surface area contributed by atoms with Crippen molar-refractivity contribution in [1.29, 1.82) is 0 Å². The minimum Gasteiger partial charge on any atom is -0.486 e. The van der Waals surface area contributed by atoms with Crippen molar-refractivity contribution in [3.8, 4) is 5.75 Å². The maximum Gasteiger partial charge on any atom is 0.165 e. The van der Waals surface area contributed by atoms with E-state index in [2.05, 4.69) is 0 Å². The number of para-hydroxylation sites is 1. The molecule has 0 spiro atoms. The van der Waals surface area contributed by atoms with Crippen molar-refractivity contribution >= 4 is 0 Å². The van der Waals surface area contributed by atoms with Gasteiger partial charge in [0.1, 0.15) is 6.61 Å². The van der Waals surface area contributed by atoms with Crippen molar-refractivity contribution in [1.82, 2.24) is 0 Å². The van der Waals surface area contributed by atoms with Gasteiger partial charge in [-0.3, -0.25) is 0 Å². The highest BCUT2D eigenvalue weighted by atomic mass is 19.1. The van der Waals surface area contributed by atoms with Crippen LogP contribution in [0, 0.1) is 5.82 Å². The zero-order valence-electron chi connectivity index (χ0n) is 10.1. The molecule has 0 aliphatic heterocycles. The van der Waals surface area contributed by atoms with Crippen LogP contribution in [0.1, 0.15) is 11.1 Å². The lowest BCUT2D eigenvalue weighted by Gasteiger charge is -2.07. The highest BCUT2D eigenvalue weighted by Crippen LogP contribution is 2.17. The van der Waals surface area contributed by atoms with E-state index in [4.69, 9.17) is 10.5 Å². The Kier molecular flexibility index (Phi) is 4.31. The summed E-state index contributed by atoms with van der Waals surface area (Å²) in [5, 5.41) is 0. The van der Waals surface area contributed by atoms with Gasteiger partial charge in [-0.1, -0.05) is 36.4 Å². The van der Waals surface area contributed by atoms with E-state index in [0.717, 1.165) is 12.0 Å². The molecule has 3 heteroatoms. The van der Waals surface area contributed by atoms with Gasteiger partial charge in [0.2, 0.25) is 0 Å². The Morgan fingerprint density at radius 3 is 2.28 bits per heavy atom. The molecule has 2 aromatic rings. The van der Waals surface area contributed by atoms with Crippen molar-refractivity contribution in [3.05, 3.63) is 65.5 Å². The summed E-state index contributed by atoms with van der Waals surface area (Å²) in [6.45, 7) is 1.01. The lowest BCUT2D eigenvalue weighted by molar-refractivity contribution is 0.290. The fourth-order valence-electron chi connectivity index (χ4n) is 1.69. The standard InChI is InChI=1S/C15H16FNO/c16-14-3-1-2-4-15(14)18-11-13-7-5-12(6-8-13)9-10-17/h1-8H,9-11,17H2. The van der Waals surface area contributed by atoms with E-state index in [1.807, 2.05) is 24.3 Å². The summed E-state index contributed by atoms with van der Waals surface area (Å²) in [5.74, 6) is -0.0548. The van der Waals surface area contributed by atoms with Crippen molar-refractivity contribution in [2.24, 2.45) is 5.73 Å². The second-order valence-electron chi connectivity index (χ2n) is 4.07. The Morgan fingerprint density at radius 1 is 0.944 bits per heavy atom. The Balaban J connectivity index is 1.96. The monoisotopic (exact) mass is 245 g/mol.